The molecule has 0 spiro atoms. The van der Waals surface area contributed by atoms with E-state index in [0.717, 1.165) is 11.3 Å². The molecule has 0 aliphatic carbocycles. The molecule has 10 nitrogen and oxygen atoms in total. The Morgan fingerprint density at radius 3 is 2.42 bits per heavy atom. The SMILES string of the molecule is CCOc1ccc(NC(=S)Nc2sc(C(=O)N(CC)CC)c(C)c2C(=O)OC)c([N+](=O)[O-])c1. The molecule has 2 N–H and O–H groups in total. The Bertz CT molecular complexity index is 1070. The first kappa shape index (κ1) is 26.0. The van der Waals surface area contributed by atoms with Crippen LogP contribution in [0.25, 0.3) is 0 Å². The van der Waals surface area contributed by atoms with Crippen molar-refractivity contribution in [3.8, 4) is 5.75 Å². The zero-order chi connectivity index (χ0) is 24.7. The molecule has 12 heteroatoms. The number of carbonyl (C=O) groups is 2. The van der Waals surface area contributed by atoms with Crippen molar-refractivity contribution < 1.29 is 24.0 Å². The number of nitrogens with zero attached hydrogens (tertiary/aromatic N) is 2. The highest BCUT2D eigenvalue weighted by Gasteiger charge is 2.28. The highest BCUT2D eigenvalue weighted by atomic mass is 32.1. The van der Waals surface area contributed by atoms with Gasteiger partial charge in [-0.2, -0.15) is 0 Å². The fourth-order valence-electron chi connectivity index (χ4n) is 3.09. The van der Waals surface area contributed by atoms with Gasteiger partial charge in [-0.15, -0.1) is 11.3 Å². The Hall–Kier alpha value is -3.25. The van der Waals surface area contributed by atoms with Crippen molar-refractivity contribution in [1.29, 1.82) is 0 Å². The average molecular weight is 495 g/mol. The molecule has 0 radical (unpaired) electrons. The predicted octanol–water partition coefficient (Wildman–Crippen LogP) is 4.44. The molecule has 0 aliphatic rings. The summed E-state index contributed by atoms with van der Waals surface area (Å²) in [6.45, 7) is 8.58. The van der Waals surface area contributed by atoms with Gasteiger partial charge < -0.3 is 25.0 Å². The van der Waals surface area contributed by atoms with Crippen LogP contribution in [0, 0.1) is 17.0 Å². The average Bonchev–Trinajstić information content (AvgIpc) is 3.10. The van der Waals surface area contributed by atoms with Gasteiger partial charge >= 0.3 is 5.97 Å². The molecule has 1 aromatic heterocycles. The molecule has 178 valence electrons. The molecular formula is C21H26N4O6S2. The molecule has 1 heterocycles. The van der Waals surface area contributed by atoms with Crippen molar-refractivity contribution in [2.45, 2.75) is 27.7 Å². The molecule has 33 heavy (non-hydrogen) atoms. The second-order valence-electron chi connectivity index (χ2n) is 6.68. The van der Waals surface area contributed by atoms with Crippen LogP contribution >= 0.6 is 23.6 Å². The largest absolute Gasteiger partial charge is 0.494 e. The van der Waals surface area contributed by atoms with Crippen LogP contribution in [0.3, 0.4) is 0 Å². The Morgan fingerprint density at radius 2 is 1.88 bits per heavy atom. The lowest BCUT2D eigenvalue weighted by molar-refractivity contribution is -0.384. The summed E-state index contributed by atoms with van der Waals surface area (Å²) < 4.78 is 10.2. The minimum atomic E-state index is -0.625. The molecule has 0 saturated heterocycles. The molecule has 2 rings (SSSR count). The first-order valence-corrected chi connectivity index (χ1v) is 11.4. The lowest BCUT2D eigenvalue weighted by atomic mass is 10.1. The summed E-state index contributed by atoms with van der Waals surface area (Å²) in [4.78, 5) is 38.3. The Labute approximate surface area is 201 Å². The second kappa shape index (κ2) is 11.6. The highest BCUT2D eigenvalue weighted by molar-refractivity contribution is 7.80. The zero-order valence-corrected chi connectivity index (χ0v) is 20.6. The molecule has 0 atom stereocenters. The van der Waals surface area contributed by atoms with Crippen molar-refractivity contribution in [2.24, 2.45) is 0 Å². The molecule has 0 saturated carbocycles. The third-order valence-electron chi connectivity index (χ3n) is 4.73. The van der Waals surface area contributed by atoms with Gasteiger partial charge in [-0.3, -0.25) is 14.9 Å². The molecule has 1 amide bonds. The second-order valence-corrected chi connectivity index (χ2v) is 8.11. The number of carbonyl (C=O) groups excluding carboxylic acids is 2. The van der Waals surface area contributed by atoms with Gasteiger partial charge in [0.1, 0.15) is 16.4 Å². The molecule has 0 aliphatic heterocycles. The Kier molecular flexibility index (Phi) is 9.12. The maximum absolute atomic E-state index is 12.9. The van der Waals surface area contributed by atoms with Gasteiger partial charge in [0, 0.05) is 13.1 Å². The van der Waals surface area contributed by atoms with Crippen LogP contribution < -0.4 is 15.4 Å². The van der Waals surface area contributed by atoms with Crippen LogP contribution in [0.4, 0.5) is 16.4 Å². The normalized spacial score (nSPS) is 10.3. The number of esters is 1. The molecule has 2 aromatic rings. The van der Waals surface area contributed by atoms with E-state index in [1.165, 1.54) is 19.2 Å². The fourth-order valence-corrected chi connectivity index (χ4v) is 4.53. The van der Waals surface area contributed by atoms with Crippen molar-refractivity contribution in [2.75, 3.05) is 37.4 Å². The first-order chi connectivity index (χ1) is 15.7. The van der Waals surface area contributed by atoms with Crippen molar-refractivity contribution in [3.63, 3.8) is 0 Å². The van der Waals surface area contributed by atoms with E-state index >= 15 is 0 Å². The minimum Gasteiger partial charge on any atom is -0.494 e. The smallest absolute Gasteiger partial charge is 0.341 e. The number of thiophene rings is 1. The molecule has 0 fully saturated rings. The number of amides is 1. The van der Waals surface area contributed by atoms with Crippen LogP contribution in [0.15, 0.2) is 18.2 Å². The Balaban J connectivity index is 2.37. The topological polar surface area (TPSA) is 123 Å². The van der Waals surface area contributed by atoms with Crippen molar-refractivity contribution in [1.82, 2.24) is 4.90 Å². The van der Waals surface area contributed by atoms with E-state index in [4.69, 9.17) is 21.7 Å². The zero-order valence-electron chi connectivity index (χ0n) is 19.0. The number of benzene rings is 1. The third kappa shape index (κ3) is 5.96. The van der Waals surface area contributed by atoms with Gasteiger partial charge in [0.15, 0.2) is 5.11 Å². The van der Waals surface area contributed by atoms with E-state index < -0.39 is 10.9 Å². The molecule has 1 aromatic carbocycles. The van der Waals surface area contributed by atoms with Crippen LogP contribution in [0.1, 0.15) is 46.4 Å². The van der Waals surface area contributed by atoms with Crippen LogP contribution in [-0.4, -0.2) is 53.6 Å². The van der Waals surface area contributed by atoms with Gasteiger partial charge in [0.2, 0.25) is 0 Å². The van der Waals surface area contributed by atoms with E-state index in [1.807, 2.05) is 13.8 Å². The summed E-state index contributed by atoms with van der Waals surface area (Å²) in [7, 11) is 1.25. The standard InChI is InChI=1S/C21H26N4O6S2/c1-6-24(7-2)19(26)17-12(4)16(20(27)30-5)18(33-17)23-21(32)22-14-10-9-13(31-8-3)11-15(14)25(28)29/h9-11H,6-8H2,1-5H3,(H2,22,23,32). The van der Waals surface area contributed by atoms with E-state index in [9.17, 15) is 19.7 Å². The number of nitrogens with one attached hydrogen (secondary N) is 2. The summed E-state index contributed by atoms with van der Waals surface area (Å²) in [6, 6.07) is 4.36. The third-order valence-corrected chi connectivity index (χ3v) is 6.13. The van der Waals surface area contributed by atoms with E-state index in [-0.39, 0.29) is 28.0 Å². The van der Waals surface area contributed by atoms with Gasteiger partial charge in [-0.05, 0) is 57.6 Å². The number of nitro groups is 1. The summed E-state index contributed by atoms with van der Waals surface area (Å²) in [5.41, 5.74) is 0.579. The highest BCUT2D eigenvalue weighted by Crippen LogP contribution is 2.35. The van der Waals surface area contributed by atoms with Crippen molar-refractivity contribution >= 4 is 56.9 Å². The number of nitro benzene ring substituents is 1. The molecule has 0 unspecified atom stereocenters. The number of ether oxygens (including phenoxy) is 2. The van der Waals surface area contributed by atoms with Crippen LogP contribution in [0.5, 0.6) is 5.75 Å². The number of hydrogen-bond donors (Lipinski definition) is 2. The molecular weight excluding hydrogens is 468 g/mol. The number of hydrogen-bond acceptors (Lipinski definition) is 8. The van der Waals surface area contributed by atoms with E-state index in [0.29, 0.717) is 40.9 Å². The fraction of sp³-hybridized carbons (Fsp3) is 0.381. The van der Waals surface area contributed by atoms with Gasteiger partial charge in [-0.25, -0.2) is 4.79 Å². The summed E-state index contributed by atoms with van der Waals surface area (Å²) in [5.74, 6) is -0.475. The molecule has 0 bridgehead atoms. The summed E-state index contributed by atoms with van der Waals surface area (Å²) in [5, 5.41) is 17.5. The number of anilines is 2. The number of rotatable bonds is 9. The lowest BCUT2D eigenvalue weighted by Crippen LogP contribution is -2.30. The van der Waals surface area contributed by atoms with Gasteiger partial charge in [0.05, 0.1) is 35.1 Å². The predicted molar refractivity (Wildman–Crippen MR) is 132 cm³/mol. The summed E-state index contributed by atoms with van der Waals surface area (Å²) >= 11 is 6.40. The van der Waals surface area contributed by atoms with Gasteiger partial charge in [0.25, 0.3) is 11.6 Å². The maximum Gasteiger partial charge on any atom is 0.341 e. The van der Waals surface area contributed by atoms with Gasteiger partial charge in [-0.1, -0.05) is 0 Å². The van der Waals surface area contributed by atoms with Crippen LogP contribution in [-0.2, 0) is 4.74 Å². The maximum atomic E-state index is 12.9. The van der Waals surface area contributed by atoms with Crippen LogP contribution in [0.2, 0.25) is 0 Å². The monoisotopic (exact) mass is 494 g/mol. The minimum absolute atomic E-state index is 0.00972. The lowest BCUT2D eigenvalue weighted by Gasteiger charge is -2.17. The number of thiocarbonyl (C=S) groups is 1. The van der Waals surface area contributed by atoms with E-state index in [2.05, 4.69) is 10.6 Å². The quantitative estimate of drug-likeness (QED) is 0.225. The Morgan fingerprint density at radius 1 is 1.21 bits per heavy atom. The van der Waals surface area contributed by atoms with Crippen molar-refractivity contribution in [3.05, 3.63) is 44.3 Å². The summed E-state index contributed by atoms with van der Waals surface area (Å²) in [6.07, 6.45) is 0. The van der Waals surface area contributed by atoms with E-state index in [1.54, 1.807) is 24.8 Å². The first-order valence-electron chi connectivity index (χ1n) is 10.2. The number of methoxy groups -OCH3 is 1.